The van der Waals surface area contributed by atoms with Gasteiger partial charge < -0.3 is 10.1 Å². The summed E-state index contributed by atoms with van der Waals surface area (Å²) in [5.74, 6) is 0.524. The van der Waals surface area contributed by atoms with E-state index in [0.717, 1.165) is 17.9 Å². The molecule has 1 N–H and O–H groups in total. The molecule has 1 aliphatic heterocycles. The summed E-state index contributed by atoms with van der Waals surface area (Å²) in [4.78, 5) is 24.1. The number of allylic oxidation sites excluding steroid dienone is 1. The van der Waals surface area contributed by atoms with Crippen LogP contribution in [0.15, 0.2) is 30.5 Å². The summed E-state index contributed by atoms with van der Waals surface area (Å²) in [6.07, 6.45) is 11.1. The van der Waals surface area contributed by atoms with Crippen molar-refractivity contribution in [2.75, 3.05) is 6.61 Å². The number of carbonyl (C=O) groups excluding carboxylic acids is 2. The molecule has 3 rings (SSSR count). The van der Waals surface area contributed by atoms with Gasteiger partial charge >= 0.3 is 0 Å². The minimum atomic E-state index is -0.673. The van der Waals surface area contributed by atoms with Crippen LogP contribution in [-0.4, -0.2) is 18.3 Å². The lowest BCUT2D eigenvalue weighted by molar-refractivity contribution is -0.135. The van der Waals surface area contributed by atoms with Gasteiger partial charge in [0.2, 0.25) is 5.91 Å². The molecule has 2 aliphatic rings. The van der Waals surface area contributed by atoms with E-state index in [1.165, 1.54) is 44.9 Å². The maximum Gasteiger partial charge on any atom is 0.235 e. The van der Waals surface area contributed by atoms with E-state index >= 15 is 0 Å². The molecular weight excluding hydrogens is 374 g/mol. The Balaban J connectivity index is 1.44. The highest BCUT2D eigenvalue weighted by Gasteiger charge is 2.31. The summed E-state index contributed by atoms with van der Waals surface area (Å²) in [6, 6.07) is 5.51. The van der Waals surface area contributed by atoms with Crippen LogP contribution < -0.4 is 10.1 Å². The maximum absolute atomic E-state index is 12.1. The van der Waals surface area contributed by atoms with Crippen molar-refractivity contribution in [2.24, 2.45) is 11.8 Å². The van der Waals surface area contributed by atoms with Crippen LogP contribution >= 0.6 is 11.6 Å². The summed E-state index contributed by atoms with van der Waals surface area (Å²) < 4.78 is 5.84. The van der Waals surface area contributed by atoms with Crippen LogP contribution in [0.2, 0.25) is 5.02 Å². The number of benzene rings is 1. The van der Waals surface area contributed by atoms with Crippen molar-refractivity contribution in [2.45, 2.75) is 64.2 Å². The molecule has 0 spiro atoms. The fourth-order valence-electron chi connectivity index (χ4n) is 4.21. The molecule has 0 radical (unpaired) electrons. The van der Waals surface area contributed by atoms with Crippen LogP contribution in [0.5, 0.6) is 5.75 Å². The van der Waals surface area contributed by atoms with Gasteiger partial charge in [-0.3, -0.25) is 9.59 Å². The van der Waals surface area contributed by atoms with Crippen LogP contribution in [0.25, 0.3) is 0 Å². The predicted molar refractivity (Wildman–Crippen MR) is 111 cm³/mol. The van der Waals surface area contributed by atoms with E-state index in [1.54, 1.807) is 6.07 Å². The smallest absolute Gasteiger partial charge is 0.235 e. The molecule has 1 saturated heterocycles. The van der Waals surface area contributed by atoms with Crippen molar-refractivity contribution in [3.8, 4) is 5.75 Å². The summed E-state index contributed by atoms with van der Waals surface area (Å²) in [7, 11) is 0. The first kappa shape index (κ1) is 20.9. The van der Waals surface area contributed by atoms with Crippen molar-refractivity contribution in [3.05, 3.63) is 41.1 Å². The maximum atomic E-state index is 12.1. The Morgan fingerprint density at radius 3 is 2.64 bits per heavy atom. The molecule has 0 aromatic heterocycles. The van der Waals surface area contributed by atoms with Crippen LogP contribution in [0.3, 0.4) is 0 Å². The average molecular weight is 404 g/mol. The van der Waals surface area contributed by atoms with Gasteiger partial charge in [0.1, 0.15) is 11.7 Å². The number of amides is 1. The Labute approximate surface area is 172 Å². The Kier molecular flexibility index (Phi) is 7.55. The molecule has 5 heteroatoms. The number of hydrogen-bond donors (Lipinski definition) is 1. The molecule has 1 unspecified atom stereocenters. The number of piperidine rings is 1. The second-order valence-corrected chi connectivity index (χ2v) is 8.51. The first-order valence-electron chi connectivity index (χ1n) is 10.5. The van der Waals surface area contributed by atoms with Gasteiger partial charge in [-0.1, -0.05) is 62.8 Å². The molecule has 2 fully saturated rings. The highest BCUT2D eigenvalue weighted by atomic mass is 35.5. The van der Waals surface area contributed by atoms with E-state index in [4.69, 9.17) is 16.3 Å². The third-order valence-corrected chi connectivity index (χ3v) is 6.11. The Bertz CT molecular complexity index is 705. The van der Waals surface area contributed by atoms with E-state index in [0.29, 0.717) is 29.5 Å². The zero-order chi connectivity index (χ0) is 19.9. The SMILES string of the molecule is C=C1CC(=O)C(Cc2ccc(OCCCCC3CCCCC3)c(Cl)c2)C(=O)N1. The second kappa shape index (κ2) is 10.1. The van der Waals surface area contributed by atoms with E-state index in [-0.39, 0.29) is 18.1 Å². The molecule has 152 valence electrons. The van der Waals surface area contributed by atoms with Gasteiger partial charge in [-0.2, -0.15) is 0 Å². The number of nitrogens with one attached hydrogen (secondary N) is 1. The zero-order valence-electron chi connectivity index (χ0n) is 16.5. The zero-order valence-corrected chi connectivity index (χ0v) is 17.2. The third-order valence-electron chi connectivity index (χ3n) is 5.82. The molecule has 1 aliphatic carbocycles. The molecular formula is C23H30ClNO3. The van der Waals surface area contributed by atoms with Crippen LogP contribution in [0.1, 0.15) is 63.4 Å². The minimum absolute atomic E-state index is 0.0943. The van der Waals surface area contributed by atoms with Crippen molar-refractivity contribution in [3.63, 3.8) is 0 Å². The summed E-state index contributed by atoms with van der Waals surface area (Å²) in [5.41, 5.74) is 1.33. The van der Waals surface area contributed by atoms with Crippen molar-refractivity contribution in [1.82, 2.24) is 5.32 Å². The second-order valence-electron chi connectivity index (χ2n) is 8.11. The molecule has 1 atom stereocenters. The molecule has 1 aromatic carbocycles. The number of ether oxygens (including phenoxy) is 1. The lowest BCUT2D eigenvalue weighted by Gasteiger charge is -2.22. The van der Waals surface area contributed by atoms with E-state index in [9.17, 15) is 9.59 Å². The monoisotopic (exact) mass is 403 g/mol. The number of Topliss-reactive ketones (excluding diaryl/α,β-unsaturated/α-hetero) is 1. The fraction of sp³-hybridized carbons (Fsp3) is 0.565. The Morgan fingerprint density at radius 1 is 1.14 bits per heavy atom. The molecule has 0 bridgehead atoms. The standard InChI is InChI=1S/C23H30ClNO3/c1-16-13-21(26)19(23(27)25-16)14-18-10-11-22(20(24)15-18)28-12-6-5-9-17-7-3-2-4-8-17/h10-11,15,17,19H,1-9,12-14H2,(H,25,27). The lowest BCUT2D eigenvalue weighted by atomic mass is 9.86. The highest BCUT2D eigenvalue weighted by molar-refractivity contribution is 6.32. The number of hydrogen-bond acceptors (Lipinski definition) is 3. The predicted octanol–water partition coefficient (Wildman–Crippen LogP) is 5.23. The van der Waals surface area contributed by atoms with Crippen LogP contribution in [0, 0.1) is 11.8 Å². The van der Waals surface area contributed by atoms with Crippen molar-refractivity contribution < 1.29 is 14.3 Å². The largest absolute Gasteiger partial charge is 0.492 e. The van der Waals surface area contributed by atoms with Crippen LogP contribution in [-0.2, 0) is 16.0 Å². The van der Waals surface area contributed by atoms with Gasteiger partial charge in [0.05, 0.1) is 11.6 Å². The fourth-order valence-corrected chi connectivity index (χ4v) is 4.47. The number of carbonyl (C=O) groups is 2. The first-order chi connectivity index (χ1) is 13.5. The van der Waals surface area contributed by atoms with Crippen molar-refractivity contribution >= 4 is 23.3 Å². The third kappa shape index (κ3) is 5.84. The average Bonchev–Trinajstić information content (AvgIpc) is 2.66. The summed E-state index contributed by atoms with van der Waals surface area (Å²) >= 11 is 6.35. The molecule has 4 nitrogen and oxygen atoms in total. The van der Waals surface area contributed by atoms with Gasteiger partial charge in [-0.05, 0) is 42.9 Å². The van der Waals surface area contributed by atoms with Gasteiger partial charge in [0.25, 0.3) is 0 Å². The van der Waals surface area contributed by atoms with Gasteiger partial charge in [-0.15, -0.1) is 0 Å². The minimum Gasteiger partial charge on any atom is -0.492 e. The normalized spacial score (nSPS) is 20.9. The summed E-state index contributed by atoms with van der Waals surface area (Å²) in [5, 5.41) is 3.18. The number of ketones is 1. The lowest BCUT2D eigenvalue weighted by Crippen LogP contribution is -2.41. The van der Waals surface area contributed by atoms with E-state index < -0.39 is 5.92 Å². The first-order valence-corrected chi connectivity index (χ1v) is 10.8. The molecule has 1 amide bonds. The molecule has 1 saturated carbocycles. The van der Waals surface area contributed by atoms with E-state index in [2.05, 4.69) is 11.9 Å². The Morgan fingerprint density at radius 2 is 1.93 bits per heavy atom. The number of unbranched alkanes of at least 4 members (excludes halogenated alkanes) is 1. The van der Waals surface area contributed by atoms with Gasteiger partial charge in [0, 0.05) is 12.1 Å². The molecule has 1 aromatic rings. The quantitative estimate of drug-likeness (QED) is 0.477. The van der Waals surface area contributed by atoms with Crippen LogP contribution in [0.4, 0.5) is 0 Å². The topological polar surface area (TPSA) is 55.4 Å². The molecule has 28 heavy (non-hydrogen) atoms. The van der Waals surface area contributed by atoms with E-state index in [1.807, 2.05) is 12.1 Å². The molecule has 1 heterocycles. The summed E-state index contributed by atoms with van der Waals surface area (Å²) in [6.45, 7) is 4.32. The van der Waals surface area contributed by atoms with Crippen molar-refractivity contribution in [1.29, 1.82) is 0 Å². The van der Waals surface area contributed by atoms with Gasteiger partial charge in [-0.25, -0.2) is 0 Å². The highest BCUT2D eigenvalue weighted by Crippen LogP contribution is 2.29. The number of rotatable bonds is 8. The Hall–Kier alpha value is -1.81. The number of halogens is 1. The van der Waals surface area contributed by atoms with Gasteiger partial charge in [0.15, 0.2) is 5.78 Å².